The lowest BCUT2D eigenvalue weighted by Gasteiger charge is -2.34. The van der Waals surface area contributed by atoms with Crippen LogP contribution in [0.1, 0.15) is 33.6 Å². The van der Waals surface area contributed by atoms with Gasteiger partial charge >= 0.3 is 12.0 Å². The molecular formula is C10H18N2O3. The quantitative estimate of drug-likeness (QED) is 0.654. The third kappa shape index (κ3) is 3.11. The minimum atomic E-state index is -1.22. The molecule has 0 aromatic rings. The van der Waals surface area contributed by atoms with Crippen molar-refractivity contribution in [1.82, 2.24) is 10.6 Å². The Balaban J connectivity index is 2.33. The summed E-state index contributed by atoms with van der Waals surface area (Å²) in [6.07, 6.45) is 1.95. The van der Waals surface area contributed by atoms with Gasteiger partial charge in [-0.15, -0.1) is 0 Å². The Kier molecular flexibility index (Phi) is 3.21. The molecule has 0 aromatic heterocycles. The largest absolute Gasteiger partial charge is 0.480 e. The molecule has 1 fully saturated rings. The van der Waals surface area contributed by atoms with Crippen LogP contribution < -0.4 is 10.6 Å². The fourth-order valence-electron chi connectivity index (χ4n) is 1.58. The summed E-state index contributed by atoms with van der Waals surface area (Å²) in [5, 5.41) is 14.0. The number of amides is 2. The first-order chi connectivity index (χ1) is 6.81. The van der Waals surface area contributed by atoms with Gasteiger partial charge in [0.1, 0.15) is 5.54 Å². The van der Waals surface area contributed by atoms with Crippen molar-refractivity contribution in [3.8, 4) is 0 Å². The van der Waals surface area contributed by atoms with Gasteiger partial charge in [0.2, 0.25) is 0 Å². The number of aliphatic carboxylic acids is 1. The van der Waals surface area contributed by atoms with E-state index in [-0.39, 0.29) is 6.04 Å². The molecule has 0 aromatic carbocycles. The van der Waals surface area contributed by atoms with Crippen LogP contribution in [0.2, 0.25) is 0 Å². The Morgan fingerprint density at radius 2 is 1.87 bits per heavy atom. The first-order valence-corrected chi connectivity index (χ1v) is 5.13. The highest BCUT2D eigenvalue weighted by molar-refractivity contribution is 5.85. The van der Waals surface area contributed by atoms with Gasteiger partial charge in [0.25, 0.3) is 0 Å². The predicted molar refractivity (Wildman–Crippen MR) is 55.6 cm³/mol. The molecule has 0 bridgehead atoms. The Morgan fingerprint density at radius 3 is 2.27 bits per heavy atom. The number of urea groups is 1. The van der Waals surface area contributed by atoms with E-state index in [1.165, 1.54) is 13.8 Å². The van der Waals surface area contributed by atoms with Crippen molar-refractivity contribution in [2.45, 2.75) is 45.2 Å². The molecule has 0 heterocycles. The smallest absolute Gasteiger partial charge is 0.328 e. The summed E-state index contributed by atoms with van der Waals surface area (Å²) in [4.78, 5) is 22.1. The molecule has 1 aliphatic rings. The lowest BCUT2D eigenvalue weighted by Crippen LogP contribution is -2.56. The van der Waals surface area contributed by atoms with Crippen molar-refractivity contribution in [2.24, 2.45) is 5.92 Å². The van der Waals surface area contributed by atoms with Crippen LogP contribution in [0.5, 0.6) is 0 Å². The Bertz CT molecular complexity index is 270. The van der Waals surface area contributed by atoms with Crippen LogP contribution in [-0.2, 0) is 4.79 Å². The Hall–Kier alpha value is -1.26. The van der Waals surface area contributed by atoms with Gasteiger partial charge in [0, 0.05) is 6.04 Å². The van der Waals surface area contributed by atoms with E-state index in [4.69, 9.17) is 5.11 Å². The topological polar surface area (TPSA) is 78.4 Å². The van der Waals surface area contributed by atoms with Crippen molar-refractivity contribution in [3.63, 3.8) is 0 Å². The minimum Gasteiger partial charge on any atom is -0.480 e. The van der Waals surface area contributed by atoms with Crippen molar-refractivity contribution >= 4 is 12.0 Å². The molecule has 3 N–H and O–H groups in total. The Morgan fingerprint density at radius 1 is 1.33 bits per heavy atom. The van der Waals surface area contributed by atoms with E-state index >= 15 is 0 Å². The molecule has 0 radical (unpaired) electrons. The number of hydrogen-bond acceptors (Lipinski definition) is 2. The van der Waals surface area contributed by atoms with Crippen molar-refractivity contribution in [3.05, 3.63) is 0 Å². The van der Waals surface area contributed by atoms with E-state index in [1.54, 1.807) is 0 Å². The zero-order chi connectivity index (χ0) is 11.6. The van der Waals surface area contributed by atoms with Gasteiger partial charge in [-0.3, -0.25) is 0 Å². The van der Waals surface area contributed by atoms with Gasteiger partial charge in [-0.25, -0.2) is 9.59 Å². The maximum atomic E-state index is 11.4. The van der Waals surface area contributed by atoms with E-state index in [1.807, 2.05) is 0 Å². The maximum Gasteiger partial charge on any atom is 0.328 e. The lowest BCUT2D eigenvalue weighted by molar-refractivity contribution is -0.142. The van der Waals surface area contributed by atoms with Crippen LogP contribution in [0.25, 0.3) is 0 Å². The average molecular weight is 214 g/mol. The molecule has 1 rings (SSSR count). The zero-order valence-electron chi connectivity index (χ0n) is 9.33. The highest BCUT2D eigenvalue weighted by atomic mass is 16.4. The van der Waals surface area contributed by atoms with E-state index in [2.05, 4.69) is 17.6 Å². The van der Waals surface area contributed by atoms with E-state index in [0.717, 1.165) is 12.8 Å². The third-order valence-corrected chi connectivity index (χ3v) is 2.67. The van der Waals surface area contributed by atoms with E-state index < -0.39 is 17.5 Å². The number of hydrogen-bond donors (Lipinski definition) is 3. The summed E-state index contributed by atoms with van der Waals surface area (Å²) in [7, 11) is 0. The van der Waals surface area contributed by atoms with Gasteiger partial charge in [0.15, 0.2) is 0 Å². The standard InChI is InChI=1S/C10H18N2O3/c1-6-4-7(5-6)11-9(15)12-10(2,3)8(13)14/h6-7H,4-5H2,1-3H3,(H,13,14)(H2,11,12,15). The van der Waals surface area contributed by atoms with Crippen molar-refractivity contribution in [1.29, 1.82) is 0 Å². The number of carbonyl (C=O) groups is 2. The van der Waals surface area contributed by atoms with Crippen LogP contribution in [0, 0.1) is 5.92 Å². The van der Waals surface area contributed by atoms with Crippen LogP contribution in [-0.4, -0.2) is 28.7 Å². The second-order valence-corrected chi connectivity index (χ2v) is 4.80. The fraction of sp³-hybridized carbons (Fsp3) is 0.800. The van der Waals surface area contributed by atoms with Crippen LogP contribution in [0.4, 0.5) is 4.79 Å². The van der Waals surface area contributed by atoms with Crippen molar-refractivity contribution in [2.75, 3.05) is 0 Å². The molecule has 0 unspecified atom stereocenters. The van der Waals surface area contributed by atoms with Crippen LogP contribution in [0.3, 0.4) is 0 Å². The summed E-state index contributed by atoms with van der Waals surface area (Å²) < 4.78 is 0. The fourth-order valence-corrected chi connectivity index (χ4v) is 1.58. The zero-order valence-corrected chi connectivity index (χ0v) is 9.33. The molecule has 86 valence electrons. The minimum absolute atomic E-state index is 0.199. The average Bonchev–Trinajstić information content (AvgIpc) is 1.99. The monoisotopic (exact) mass is 214 g/mol. The van der Waals surface area contributed by atoms with Crippen LogP contribution in [0.15, 0.2) is 0 Å². The summed E-state index contributed by atoms with van der Waals surface area (Å²) in [6, 6.07) is -0.205. The molecule has 2 amide bonds. The van der Waals surface area contributed by atoms with Gasteiger partial charge in [-0.2, -0.15) is 0 Å². The van der Waals surface area contributed by atoms with Crippen LogP contribution >= 0.6 is 0 Å². The highest BCUT2D eigenvalue weighted by Crippen LogP contribution is 2.26. The lowest BCUT2D eigenvalue weighted by atomic mass is 9.82. The summed E-state index contributed by atoms with van der Waals surface area (Å²) >= 11 is 0. The SMILES string of the molecule is CC1CC(NC(=O)NC(C)(C)C(=O)O)C1. The molecule has 0 spiro atoms. The summed E-state index contributed by atoms with van der Waals surface area (Å²) in [6.45, 7) is 5.04. The number of nitrogens with one attached hydrogen (secondary N) is 2. The molecular weight excluding hydrogens is 196 g/mol. The molecule has 5 nitrogen and oxygen atoms in total. The number of carboxylic acid groups (broad SMARTS) is 1. The first kappa shape index (κ1) is 11.8. The molecule has 0 aliphatic heterocycles. The second-order valence-electron chi connectivity index (χ2n) is 4.80. The van der Waals surface area contributed by atoms with Crippen molar-refractivity contribution < 1.29 is 14.7 Å². The predicted octanol–water partition coefficient (Wildman–Crippen LogP) is 0.947. The first-order valence-electron chi connectivity index (χ1n) is 5.13. The van der Waals surface area contributed by atoms with Gasteiger partial charge in [-0.05, 0) is 32.6 Å². The Labute approximate surface area is 89.2 Å². The summed E-state index contributed by atoms with van der Waals surface area (Å²) in [5.41, 5.74) is -1.22. The number of carboxylic acids is 1. The maximum absolute atomic E-state index is 11.4. The molecule has 0 saturated heterocycles. The number of carbonyl (C=O) groups excluding carboxylic acids is 1. The van der Waals surface area contributed by atoms with E-state index in [9.17, 15) is 9.59 Å². The van der Waals surface area contributed by atoms with Gasteiger partial charge < -0.3 is 15.7 Å². The number of rotatable bonds is 3. The summed E-state index contributed by atoms with van der Waals surface area (Å²) in [5.74, 6) is -0.387. The molecule has 1 saturated carbocycles. The molecule has 5 heteroatoms. The highest BCUT2D eigenvalue weighted by Gasteiger charge is 2.31. The van der Waals surface area contributed by atoms with Gasteiger partial charge in [0.05, 0.1) is 0 Å². The normalized spacial score (nSPS) is 25.3. The third-order valence-electron chi connectivity index (χ3n) is 2.67. The van der Waals surface area contributed by atoms with Gasteiger partial charge in [-0.1, -0.05) is 6.92 Å². The van der Waals surface area contributed by atoms with E-state index in [0.29, 0.717) is 5.92 Å². The molecule has 15 heavy (non-hydrogen) atoms. The molecule has 0 atom stereocenters. The molecule has 1 aliphatic carbocycles. The second kappa shape index (κ2) is 4.08.